The van der Waals surface area contributed by atoms with Crippen LogP contribution in [0.5, 0.6) is 0 Å². The fourth-order valence-electron chi connectivity index (χ4n) is 1.39. The Bertz CT molecular complexity index is 504. The summed E-state index contributed by atoms with van der Waals surface area (Å²) < 4.78 is 0. The largest absolute Gasteiger partial charge is 0.255 e. The van der Waals surface area contributed by atoms with Gasteiger partial charge in [0.15, 0.2) is 5.82 Å². The zero-order chi connectivity index (χ0) is 11.4. The summed E-state index contributed by atoms with van der Waals surface area (Å²) >= 11 is 0. The summed E-state index contributed by atoms with van der Waals surface area (Å²) in [5, 5.41) is 0. The van der Waals surface area contributed by atoms with Crippen molar-refractivity contribution in [3.8, 4) is 0 Å². The van der Waals surface area contributed by atoms with Gasteiger partial charge in [0.05, 0.1) is 11.4 Å². The molecule has 0 radical (unpaired) electrons. The highest BCUT2D eigenvalue weighted by atomic mass is 14.9. The van der Waals surface area contributed by atoms with E-state index >= 15 is 0 Å². The van der Waals surface area contributed by atoms with Gasteiger partial charge in [-0.15, -0.1) is 0 Å². The SMILES string of the molecule is CC(=Nc1cc(C)ccn1)c1ccccn1. The molecule has 0 aliphatic heterocycles. The van der Waals surface area contributed by atoms with E-state index in [9.17, 15) is 0 Å². The van der Waals surface area contributed by atoms with Gasteiger partial charge < -0.3 is 0 Å². The van der Waals surface area contributed by atoms with E-state index in [1.165, 1.54) is 0 Å². The molecule has 0 spiro atoms. The zero-order valence-corrected chi connectivity index (χ0v) is 9.38. The lowest BCUT2D eigenvalue weighted by atomic mass is 10.2. The van der Waals surface area contributed by atoms with Crippen molar-refractivity contribution in [2.75, 3.05) is 0 Å². The van der Waals surface area contributed by atoms with Gasteiger partial charge in [-0.05, 0) is 43.7 Å². The highest BCUT2D eigenvalue weighted by Crippen LogP contribution is 2.11. The molecule has 0 aliphatic rings. The van der Waals surface area contributed by atoms with Crippen molar-refractivity contribution in [3.63, 3.8) is 0 Å². The van der Waals surface area contributed by atoms with E-state index in [0.29, 0.717) is 0 Å². The van der Waals surface area contributed by atoms with Crippen LogP contribution in [-0.2, 0) is 0 Å². The lowest BCUT2D eigenvalue weighted by molar-refractivity contribution is 1.22. The number of aliphatic imine (C=N–C) groups is 1. The highest BCUT2D eigenvalue weighted by Gasteiger charge is 1.98. The average molecular weight is 211 g/mol. The Morgan fingerprint density at radius 1 is 1.12 bits per heavy atom. The van der Waals surface area contributed by atoms with Crippen LogP contribution in [0, 0.1) is 6.92 Å². The molecule has 0 aromatic carbocycles. The molecule has 80 valence electrons. The number of aromatic nitrogens is 2. The molecule has 0 saturated heterocycles. The van der Waals surface area contributed by atoms with Gasteiger partial charge in [0.25, 0.3) is 0 Å². The van der Waals surface area contributed by atoms with Crippen LogP contribution < -0.4 is 0 Å². The second-order valence-electron chi connectivity index (χ2n) is 3.60. The number of hydrogen-bond donors (Lipinski definition) is 0. The fraction of sp³-hybridized carbons (Fsp3) is 0.154. The quantitative estimate of drug-likeness (QED) is 0.716. The predicted molar refractivity (Wildman–Crippen MR) is 65.1 cm³/mol. The van der Waals surface area contributed by atoms with Gasteiger partial charge in [-0.1, -0.05) is 6.07 Å². The van der Waals surface area contributed by atoms with Gasteiger partial charge in [0, 0.05) is 12.4 Å². The monoisotopic (exact) mass is 211 g/mol. The number of pyridine rings is 2. The standard InChI is InChI=1S/C13H13N3/c1-10-6-8-15-13(9-10)16-11(2)12-5-3-4-7-14-12/h3-9H,1-2H3. The van der Waals surface area contributed by atoms with Crippen LogP contribution in [0.4, 0.5) is 5.82 Å². The van der Waals surface area contributed by atoms with E-state index < -0.39 is 0 Å². The average Bonchev–Trinajstić information content (AvgIpc) is 2.30. The predicted octanol–water partition coefficient (Wildman–Crippen LogP) is 2.93. The van der Waals surface area contributed by atoms with Crippen LogP contribution in [-0.4, -0.2) is 15.7 Å². The third kappa shape index (κ3) is 2.51. The van der Waals surface area contributed by atoms with Crippen molar-refractivity contribution in [1.29, 1.82) is 0 Å². The minimum Gasteiger partial charge on any atom is -0.255 e. The molecule has 0 amide bonds. The topological polar surface area (TPSA) is 38.1 Å². The van der Waals surface area contributed by atoms with Crippen LogP contribution >= 0.6 is 0 Å². The molecule has 0 aliphatic carbocycles. The molecule has 3 nitrogen and oxygen atoms in total. The Kier molecular flexibility index (Phi) is 3.05. The van der Waals surface area contributed by atoms with Crippen LogP contribution in [0.15, 0.2) is 47.7 Å². The molecule has 2 aromatic heterocycles. The maximum Gasteiger partial charge on any atom is 0.152 e. The lowest BCUT2D eigenvalue weighted by Gasteiger charge is -1.99. The minimum absolute atomic E-state index is 0.725. The molecular weight excluding hydrogens is 198 g/mol. The summed E-state index contributed by atoms with van der Waals surface area (Å²) in [6.07, 6.45) is 3.53. The van der Waals surface area contributed by atoms with Gasteiger partial charge in [0.1, 0.15) is 0 Å². The second kappa shape index (κ2) is 4.66. The molecule has 0 fully saturated rings. The molecule has 0 bridgehead atoms. The molecule has 2 heterocycles. The number of aryl methyl sites for hydroxylation is 1. The Hall–Kier alpha value is -2.03. The fourth-order valence-corrected chi connectivity index (χ4v) is 1.39. The Labute approximate surface area is 94.9 Å². The smallest absolute Gasteiger partial charge is 0.152 e. The number of nitrogens with zero attached hydrogens (tertiary/aromatic N) is 3. The molecule has 3 heteroatoms. The van der Waals surface area contributed by atoms with Crippen molar-refractivity contribution in [3.05, 3.63) is 54.0 Å². The van der Waals surface area contributed by atoms with Gasteiger partial charge >= 0.3 is 0 Å². The van der Waals surface area contributed by atoms with Crippen LogP contribution in [0.2, 0.25) is 0 Å². The van der Waals surface area contributed by atoms with Crippen LogP contribution in [0.1, 0.15) is 18.2 Å². The van der Waals surface area contributed by atoms with Crippen molar-refractivity contribution < 1.29 is 0 Å². The molecule has 0 saturated carbocycles. The first-order valence-electron chi connectivity index (χ1n) is 5.15. The Balaban J connectivity index is 2.32. The first-order valence-corrected chi connectivity index (χ1v) is 5.15. The van der Waals surface area contributed by atoms with Crippen molar-refractivity contribution in [1.82, 2.24) is 9.97 Å². The second-order valence-corrected chi connectivity index (χ2v) is 3.60. The summed E-state index contributed by atoms with van der Waals surface area (Å²) in [6.45, 7) is 3.96. The van der Waals surface area contributed by atoms with E-state index in [2.05, 4.69) is 15.0 Å². The van der Waals surface area contributed by atoms with E-state index in [4.69, 9.17) is 0 Å². The van der Waals surface area contributed by atoms with Crippen molar-refractivity contribution in [2.24, 2.45) is 4.99 Å². The van der Waals surface area contributed by atoms with Gasteiger partial charge in [-0.2, -0.15) is 0 Å². The molecule has 2 rings (SSSR count). The summed E-state index contributed by atoms with van der Waals surface area (Å²) in [5.74, 6) is 0.725. The van der Waals surface area contributed by atoms with Crippen molar-refractivity contribution in [2.45, 2.75) is 13.8 Å². The maximum atomic E-state index is 4.43. The van der Waals surface area contributed by atoms with Crippen molar-refractivity contribution >= 4 is 11.5 Å². The molecule has 0 unspecified atom stereocenters. The first-order chi connectivity index (χ1) is 7.75. The summed E-state index contributed by atoms with van der Waals surface area (Å²) in [4.78, 5) is 12.9. The number of rotatable bonds is 2. The third-order valence-electron chi connectivity index (χ3n) is 2.22. The zero-order valence-electron chi connectivity index (χ0n) is 9.38. The Morgan fingerprint density at radius 2 is 2.00 bits per heavy atom. The minimum atomic E-state index is 0.725. The molecule has 0 atom stereocenters. The van der Waals surface area contributed by atoms with Gasteiger partial charge in [-0.25, -0.2) is 9.98 Å². The normalized spacial score (nSPS) is 11.5. The van der Waals surface area contributed by atoms with Crippen LogP contribution in [0.3, 0.4) is 0 Å². The summed E-state index contributed by atoms with van der Waals surface area (Å²) in [5.41, 5.74) is 2.91. The molecule has 0 N–H and O–H groups in total. The molecule has 16 heavy (non-hydrogen) atoms. The highest BCUT2D eigenvalue weighted by molar-refractivity contribution is 5.98. The third-order valence-corrected chi connectivity index (χ3v) is 2.22. The van der Waals surface area contributed by atoms with E-state index in [1.807, 2.05) is 44.2 Å². The number of hydrogen-bond acceptors (Lipinski definition) is 3. The Morgan fingerprint density at radius 3 is 2.69 bits per heavy atom. The molecule has 2 aromatic rings. The van der Waals surface area contributed by atoms with Crippen LogP contribution in [0.25, 0.3) is 0 Å². The van der Waals surface area contributed by atoms with Gasteiger partial charge in [-0.3, -0.25) is 4.98 Å². The van der Waals surface area contributed by atoms with E-state index in [1.54, 1.807) is 12.4 Å². The summed E-state index contributed by atoms with van der Waals surface area (Å²) in [7, 11) is 0. The van der Waals surface area contributed by atoms with E-state index in [-0.39, 0.29) is 0 Å². The van der Waals surface area contributed by atoms with Gasteiger partial charge in [0.2, 0.25) is 0 Å². The summed E-state index contributed by atoms with van der Waals surface area (Å²) in [6, 6.07) is 9.68. The lowest BCUT2D eigenvalue weighted by Crippen LogP contribution is -1.97. The maximum absolute atomic E-state index is 4.43. The van der Waals surface area contributed by atoms with E-state index in [0.717, 1.165) is 22.8 Å². The molecular formula is C13H13N3. The first kappa shape index (κ1) is 10.5.